The lowest BCUT2D eigenvalue weighted by Gasteiger charge is -2.43. The Hall–Kier alpha value is -1.47. The van der Waals surface area contributed by atoms with Gasteiger partial charge in [-0.1, -0.05) is 12.1 Å². The molecule has 0 bridgehead atoms. The van der Waals surface area contributed by atoms with Gasteiger partial charge in [-0.2, -0.15) is 0 Å². The first kappa shape index (κ1) is 12.6. The predicted molar refractivity (Wildman–Crippen MR) is 62.7 cm³/mol. The van der Waals surface area contributed by atoms with Gasteiger partial charge in [-0.25, -0.2) is 0 Å². The Morgan fingerprint density at radius 1 is 1.16 bits per heavy atom. The molecule has 0 aliphatic carbocycles. The zero-order valence-electron chi connectivity index (χ0n) is 9.97. The number of carbonyl (C=O) groups excluding carboxylic acids is 1. The average molecular weight is 266 g/mol. The Kier molecular flexibility index (Phi) is 3.02. The number of rotatable bonds is 1. The molecule has 2 aliphatic heterocycles. The van der Waals surface area contributed by atoms with Crippen molar-refractivity contribution in [1.82, 2.24) is 0 Å². The van der Waals surface area contributed by atoms with Crippen LogP contribution in [0.5, 0.6) is 5.75 Å². The maximum Gasteiger partial charge on any atom is 0.213 e. The summed E-state index contributed by atoms with van der Waals surface area (Å²) in [5.74, 6) is -0.920. The smallest absolute Gasteiger partial charge is 0.213 e. The molecule has 2 aliphatic rings. The first-order valence-electron chi connectivity index (χ1n) is 6.06. The molecule has 0 radical (unpaired) electrons. The number of hydrogen-bond donors (Lipinski definition) is 3. The van der Waals surface area contributed by atoms with E-state index in [-0.39, 0.29) is 5.78 Å². The molecule has 19 heavy (non-hydrogen) atoms. The van der Waals surface area contributed by atoms with E-state index < -0.39 is 37.1 Å². The number of Topliss-reactive ketones (excluding diaryl/α,β-unsaturated/α-hetero) is 1. The molecule has 2 heterocycles. The third kappa shape index (κ3) is 1.84. The van der Waals surface area contributed by atoms with Gasteiger partial charge >= 0.3 is 0 Å². The zero-order chi connectivity index (χ0) is 13.6. The van der Waals surface area contributed by atoms with Crippen molar-refractivity contribution in [2.45, 2.75) is 24.6 Å². The highest BCUT2D eigenvalue weighted by Gasteiger charge is 2.51. The van der Waals surface area contributed by atoms with Crippen molar-refractivity contribution in [3.63, 3.8) is 0 Å². The normalized spacial score (nSPS) is 37.2. The molecule has 6 heteroatoms. The fraction of sp³-hybridized carbons (Fsp3) is 0.462. The van der Waals surface area contributed by atoms with E-state index in [1.165, 1.54) is 0 Å². The van der Waals surface area contributed by atoms with Gasteiger partial charge in [0.25, 0.3) is 0 Å². The molecule has 0 saturated carbocycles. The first-order valence-corrected chi connectivity index (χ1v) is 6.06. The molecule has 1 aromatic carbocycles. The lowest BCUT2D eigenvalue weighted by Crippen LogP contribution is -2.60. The molecule has 1 aromatic rings. The van der Waals surface area contributed by atoms with Crippen molar-refractivity contribution in [2.24, 2.45) is 5.92 Å². The highest BCUT2D eigenvalue weighted by molar-refractivity contribution is 6.02. The lowest BCUT2D eigenvalue weighted by molar-refractivity contribution is -0.251. The quantitative estimate of drug-likeness (QED) is 0.623. The molecule has 0 aromatic heterocycles. The second kappa shape index (κ2) is 4.57. The number of ether oxygens (including phenoxy) is 2. The summed E-state index contributed by atoms with van der Waals surface area (Å²) in [6.07, 6.45) is -4.59. The van der Waals surface area contributed by atoms with Gasteiger partial charge in [0.05, 0.1) is 18.3 Å². The Labute approximate surface area is 109 Å². The van der Waals surface area contributed by atoms with E-state index in [1.807, 2.05) is 0 Å². The minimum absolute atomic E-state index is 0.324. The number of fused-ring (bicyclic) bond motifs is 2. The molecular formula is C13H14O6. The third-order valence-electron chi connectivity index (χ3n) is 3.58. The Morgan fingerprint density at radius 3 is 2.63 bits per heavy atom. The first-order chi connectivity index (χ1) is 9.13. The average Bonchev–Trinajstić information content (AvgIpc) is 2.42. The van der Waals surface area contributed by atoms with E-state index in [1.54, 1.807) is 24.3 Å². The van der Waals surface area contributed by atoms with E-state index >= 15 is 0 Å². The molecule has 5 atom stereocenters. The summed E-state index contributed by atoms with van der Waals surface area (Å²) in [5, 5.41) is 28.9. The van der Waals surface area contributed by atoms with Gasteiger partial charge in [0.1, 0.15) is 23.9 Å². The van der Waals surface area contributed by atoms with Gasteiger partial charge in [0.15, 0.2) is 5.78 Å². The van der Waals surface area contributed by atoms with Crippen LogP contribution in [0.4, 0.5) is 0 Å². The fourth-order valence-electron chi connectivity index (χ4n) is 2.54. The summed E-state index contributed by atoms with van der Waals surface area (Å²) in [6.45, 7) is -0.458. The van der Waals surface area contributed by atoms with Crippen molar-refractivity contribution in [2.75, 3.05) is 6.61 Å². The van der Waals surface area contributed by atoms with Crippen molar-refractivity contribution in [3.05, 3.63) is 29.8 Å². The Bertz CT molecular complexity index is 502. The number of ketones is 1. The van der Waals surface area contributed by atoms with Crippen LogP contribution >= 0.6 is 0 Å². The standard InChI is InChI=1S/C13H14O6/c14-5-8-11(16)12(17)9-10(15)6-3-1-2-4-7(6)18-13(9)19-8/h1-4,8-9,11-14,16-17H,5H2/t8-,9-,11+,12-,13+/m1/s1. The molecule has 0 spiro atoms. The highest BCUT2D eigenvalue weighted by Crippen LogP contribution is 2.37. The zero-order valence-corrected chi connectivity index (χ0v) is 9.97. The van der Waals surface area contributed by atoms with Gasteiger partial charge in [0.2, 0.25) is 6.29 Å². The summed E-state index contributed by atoms with van der Waals surface area (Å²) in [7, 11) is 0. The van der Waals surface area contributed by atoms with E-state index in [4.69, 9.17) is 14.6 Å². The van der Waals surface area contributed by atoms with E-state index in [2.05, 4.69) is 0 Å². The van der Waals surface area contributed by atoms with Gasteiger partial charge < -0.3 is 24.8 Å². The molecular weight excluding hydrogens is 252 g/mol. The maximum absolute atomic E-state index is 12.3. The molecule has 0 amide bonds. The third-order valence-corrected chi connectivity index (χ3v) is 3.58. The minimum atomic E-state index is -1.32. The number of benzene rings is 1. The topological polar surface area (TPSA) is 96.2 Å². The molecule has 0 unspecified atom stereocenters. The number of para-hydroxylation sites is 1. The largest absolute Gasteiger partial charge is 0.463 e. The molecule has 1 saturated heterocycles. The van der Waals surface area contributed by atoms with Crippen molar-refractivity contribution in [3.8, 4) is 5.75 Å². The minimum Gasteiger partial charge on any atom is -0.463 e. The van der Waals surface area contributed by atoms with Crippen molar-refractivity contribution in [1.29, 1.82) is 0 Å². The number of aliphatic hydroxyl groups excluding tert-OH is 3. The summed E-state index contributed by atoms with van der Waals surface area (Å²) < 4.78 is 10.9. The number of aliphatic hydroxyl groups is 3. The van der Waals surface area contributed by atoms with Crippen molar-refractivity contribution >= 4 is 5.78 Å². The molecule has 102 valence electrons. The summed E-state index contributed by atoms with van der Waals surface area (Å²) in [5.41, 5.74) is 0.362. The molecule has 3 N–H and O–H groups in total. The van der Waals surface area contributed by atoms with E-state index in [0.29, 0.717) is 11.3 Å². The Balaban J connectivity index is 1.98. The van der Waals surface area contributed by atoms with Crippen LogP contribution in [-0.2, 0) is 4.74 Å². The van der Waals surface area contributed by atoms with Crippen LogP contribution in [0.3, 0.4) is 0 Å². The summed E-state index contributed by atoms with van der Waals surface area (Å²) in [4.78, 5) is 12.3. The van der Waals surface area contributed by atoms with Crippen LogP contribution in [-0.4, -0.2) is 52.3 Å². The number of hydrogen-bond acceptors (Lipinski definition) is 6. The van der Waals surface area contributed by atoms with Crippen LogP contribution in [0.25, 0.3) is 0 Å². The Morgan fingerprint density at radius 2 is 1.89 bits per heavy atom. The van der Waals surface area contributed by atoms with Crippen LogP contribution < -0.4 is 4.74 Å². The SMILES string of the molecule is O=C1c2ccccc2O[C@H]2O[C@H](CO)[C@H](O)[C@H](O)[C@@H]12. The summed E-state index contributed by atoms with van der Waals surface area (Å²) >= 11 is 0. The second-order valence-electron chi connectivity index (χ2n) is 4.71. The maximum atomic E-state index is 12.3. The van der Waals surface area contributed by atoms with Crippen LogP contribution in [0, 0.1) is 5.92 Å². The van der Waals surface area contributed by atoms with Gasteiger partial charge in [-0.3, -0.25) is 4.79 Å². The molecule has 6 nitrogen and oxygen atoms in total. The second-order valence-corrected chi connectivity index (χ2v) is 4.71. The summed E-state index contributed by atoms with van der Waals surface area (Å²) in [6, 6.07) is 6.66. The van der Waals surface area contributed by atoms with Crippen LogP contribution in [0.1, 0.15) is 10.4 Å². The van der Waals surface area contributed by atoms with E-state index in [0.717, 1.165) is 0 Å². The van der Waals surface area contributed by atoms with E-state index in [9.17, 15) is 15.0 Å². The van der Waals surface area contributed by atoms with Crippen LogP contribution in [0.15, 0.2) is 24.3 Å². The highest BCUT2D eigenvalue weighted by atomic mass is 16.7. The van der Waals surface area contributed by atoms with Crippen molar-refractivity contribution < 1.29 is 29.6 Å². The molecule has 3 rings (SSSR count). The van der Waals surface area contributed by atoms with Gasteiger partial charge in [-0.05, 0) is 12.1 Å². The molecule has 1 fully saturated rings. The van der Waals surface area contributed by atoms with Gasteiger partial charge in [0, 0.05) is 0 Å². The monoisotopic (exact) mass is 266 g/mol. The number of carbonyl (C=O) groups is 1. The lowest BCUT2D eigenvalue weighted by atomic mass is 9.83. The van der Waals surface area contributed by atoms with Gasteiger partial charge in [-0.15, -0.1) is 0 Å². The van der Waals surface area contributed by atoms with Crippen LogP contribution in [0.2, 0.25) is 0 Å². The fourth-order valence-corrected chi connectivity index (χ4v) is 2.54. The predicted octanol–water partition coefficient (Wildman–Crippen LogP) is -0.683.